The Hall–Kier alpha value is -2.57. The molecule has 0 aromatic heterocycles. The lowest BCUT2D eigenvalue weighted by atomic mass is 9.75. The van der Waals surface area contributed by atoms with Crippen LogP contribution in [0.25, 0.3) is 0 Å². The van der Waals surface area contributed by atoms with Gasteiger partial charge in [0.25, 0.3) is 0 Å². The average molecular weight is 448 g/mol. The Morgan fingerprint density at radius 1 is 1.09 bits per heavy atom. The Labute approximate surface area is 190 Å². The number of hydrogen-bond donors (Lipinski definition) is 2. The maximum Gasteiger partial charge on any atom is 0.307 e. The van der Waals surface area contributed by atoms with Crippen LogP contribution in [-0.2, 0) is 19.1 Å². The molecule has 0 unspecified atom stereocenters. The predicted octanol–water partition coefficient (Wildman–Crippen LogP) is 4.34. The van der Waals surface area contributed by atoms with E-state index in [1.165, 1.54) is 0 Å². The third kappa shape index (κ3) is 7.84. The number of rotatable bonds is 14. The number of ether oxygens (including phenoxy) is 2. The second-order valence-corrected chi connectivity index (χ2v) is 8.65. The monoisotopic (exact) mass is 447 g/mol. The molecule has 7 nitrogen and oxygen atoms in total. The van der Waals surface area contributed by atoms with Gasteiger partial charge < -0.3 is 19.9 Å². The highest BCUT2D eigenvalue weighted by molar-refractivity contribution is 5.84. The van der Waals surface area contributed by atoms with Gasteiger partial charge in [-0.05, 0) is 44.7 Å². The van der Waals surface area contributed by atoms with E-state index < -0.39 is 23.3 Å². The molecule has 1 aromatic carbocycles. The van der Waals surface area contributed by atoms with E-state index in [9.17, 15) is 19.5 Å². The third-order valence-corrected chi connectivity index (χ3v) is 6.20. The average Bonchev–Trinajstić information content (AvgIpc) is 3.24. The Bertz CT molecular complexity index is 729. The van der Waals surface area contributed by atoms with Gasteiger partial charge in [0.05, 0.1) is 31.0 Å². The van der Waals surface area contributed by atoms with E-state index >= 15 is 0 Å². The molecular weight excluding hydrogens is 410 g/mol. The molecule has 2 rings (SSSR count). The fraction of sp³-hybridized carbons (Fsp3) is 0.640. The van der Waals surface area contributed by atoms with E-state index in [1.807, 2.05) is 37.3 Å². The highest BCUT2D eigenvalue weighted by Crippen LogP contribution is 2.44. The lowest BCUT2D eigenvalue weighted by Crippen LogP contribution is -2.47. The number of amides is 1. The van der Waals surface area contributed by atoms with Crippen LogP contribution < -0.4 is 10.1 Å². The zero-order valence-corrected chi connectivity index (χ0v) is 19.3. The van der Waals surface area contributed by atoms with Crippen LogP contribution in [0.3, 0.4) is 0 Å². The number of carboxylic acids is 1. The maximum atomic E-state index is 13.4. The number of para-hydroxylation sites is 1. The molecule has 178 valence electrons. The van der Waals surface area contributed by atoms with E-state index in [0.29, 0.717) is 38.7 Å². The van der Waals surface area contributed by atoms with Gasteiger partial charge in [-0.25, -0.2) is 0 Å². The van der Waals surface area contributed by atoms with Crippen molar-refractivity contribution < 1.29 is 29.0 Å². The molecule has 1 amide bonds. The summed E-state index contributed by atoms with van der Waals surface area (Å²) in [5, 5.41) is 12.7. The molecule has 1 aliphatic carbocycles. The molecule has 2 N–H and O–H groups in total. The van der Waals surface area contributed by atoms with Crippen molar-refractivity contribution in [2.75, 3.05) is 13.2 Å². The fourth-order valence-electron chi connectivity index (χ4n) is 4.53. The normalized spacial score (nSPS) is 16.7. The Morgan fingerprint density at radius 3 is 2.38 bits per heavy atom. The lowest BCUT2D eigenvalue weighted by Gasteiger charge is -2.32. The summed E-state index contributed by atoms with van der Waals surface area (Å²) in [4.78, 5) is 37.3. The van der Waals surface area contributed by atoms with Crippen LogP contribution in [-0.4, -0.2) is 42.2 Å². The van der Waals surface area contributed by atoms with Crippen molar-refractivity contribution in [3.8, 4) is 5.75 Å². The summed E-state index contributed by atoms with van der Waals surface area (Å²) in [6, 6.07) is 8.94. The number of carbonyl (C=O) groups excluding carboxylic acids is 2. The molecule has 7 heteroatoms. The van der Waals surface area contributed by atoms with Gasteiger partial charge in [0.15, 0.2) is 0 Å². The number of nitrogens with one attached hydrogen (secondary N) is 1. The Morgan fingerprint density at radius 2 is 1.78 bits per heavy atom. The molecule has 0 heterocycles. The summed E-state index contributed by atoms with van der Waals surface area (Å²) in [6.07, 6.45) is 5.35. The first-order valence-corrected chi connectivity index (χ1v) is 11.8. The molecule has 2 atom stereocenters. The van der Waals surface area contributed by atoms with Crippen molar-refractivity contribution in [1.82, 2.24) is 5.32 Å². The summed E-state index contributed by atoms with van der Waals surface area (Å²) in [5.74, 6) is -1.16. The Kier molecular flexibility index (Phi) is 10.5. The molecule has 1 saturated carbocycles. The van der Waals surface area contributed by atoms with Crippen LogP contribution in [0.5, 0.6) is 5.75 Å². The standard InChI is InChI=1S/C25H37NO6/c1-3-10-19(23(28)29)18-25(14-8-9-15-25)24(30)26-20(17-22(27)31-4-2)13-16-32-21-11-6-5-7-12-21/h5-7,11-12,19-20H,3-4,8-10,13-18H2,1-2H3,(H,26,30)(H,28,29)/t19-,20-/m1/s1. The van der Waals surface area contributed by atoms with Gasteiger partial charge in [-0.15, -0.1) is 0 Å². The summed E-state index contributed by atoms with van der Waals surface area (Å²) >= 11 is 0. The maximum absolute atomic E-state index is 13.4. The SMILES string of the molecule is CCC[C@H](CC1(C(=O)N[C@H](CCOc2ccccc2)CC(=O)OCC)CCCC1)C(=O)O. The summed E-state index contributed by atoms with van der Waals surface area (Å²) in [5.41, 5.74) is -0.689. The minimum Gasteiger partial charge on any atom is -0.494 e. The molecule has 1 fully saturated rings. The first-order valence-electron chi connectivity index (χ1n) is 11.8. The quantitative estimate of drug-likeness (QED) is 0.411. The largest absolute Gasteiger partial charge is 0.494 e. The fourth-order valence-corrected chi connectivity index (χ4v) is 4.53. The third-order valence-electron chi connectivity index (χ3n) is 6.20. The topological polar surface area (TPSA) is 102 Å². The van der Waals surface area contributed by atoms with E-state index in [-0.39, 0.29) is 24.9 Å². The van der Waals surface area contributed by atoms with E-state index in [1.54, 1.807) is 6.92 Å². The molecule has 0 aliphatic heterocycles. The Balaban J connectivity index is 2.07. The smallest absolute Gasteiger partial charge is 0.307 e. The van der Waals surface area contributed by atoms with Crippen molar-refractivity contribution in [2.45, 2.75) is 77.7 Å². The lowest BCUT2D eigenvalue weighted by molar-refractivity contribution is -0.144. The number of hydrogen-bond acceptors (Lipinski definition) is 5. The number of esters is 1. The van der Waals surface area contributed by atoms with E-state index in [4.69, 9.17) is 9.47 Å². The predicted molar refractivity (Wildman–Crippen MR) is 121 cm³/mol. The highest BCUT2D eigenvalue weighted by Gasteiger charge is 2.44. The molecule has 0 radical (unpaired) electrons. The van der Waals surface area contributed by atoms with E-state index in [2.05, 4.69) is 5.32 Å². The van der Waals surface area contributed by atoms with Crippen LogP contribution in [0.1, 0.15) is 71.6 Å². The first-order chi connectivity index (χ1) is 15.4. The van der Waals surface area contributed by atoms with Crippen molar-refractivity contribution in [3.63, 3.8) is 0 Å². The van der Waals surface area contributed by atoms with Gasteiger partial charge in [0.2, 0.25) is 5.91 Å². The van der Waals surface area contributed by atoms with Gasteiger partial charge in [-0.3, -0.25) is 14.4 Å². The molecule has 1 aliphatic rings. The van der Waals surface area contributed by atoms with Crippen LogP contribution in [0.2, 0.25) is 0 Å². The van der Waals surface area contributed by atoms with Crippen LogP contribution in [0.15, 0.2) is 30.3 Å². The van der Waals surface area contributed by atoms with Gasteiger partial charge in [-0.1, -0.05) is 44.4 Å². The zero-order chi connectivity index (χ0) is 23.4. The minimum atomic E-state index is -0.842. The molecule has 0 saturated heterocycles. The van der Waals surface area contributed by atoms with Crippen molar-refractivity contribution in [2.24, 2.45) is 11.3 Å². The number of aliphatic carboxylic acids is 1. The highest BCUT2D eigenvalue weighted by atomic mass is 16.5. The summed E-state index contributed by atoms with van der Waals surface area (Å²) < 4.78 is 10.8. The summed E-state index contributed by atoms with van der Waals surface area (Å²) in [7, 11) is 0. The molecule has 0 bridgehead atoms. The van der Waals surface area contributed by atoms with Crippen LogP contribution >= 0.6 is 0 Å². The van der Waals surface area contributed by atoms with Crippen LogP contribution in [0, 0.1) is 11.3 Å². The van der Waals surface area contributed by atoms with Crippen molar-refractivity contribution >= 4 is 17.8 Å². The molecule has 1 aromatic rings. The zero-order valence-electron chi connectivity index (χ0n) is 19.3. The second kappa shape index (κ2) is 13.1. The van der Waals surface area contributed by atoms with Crippen molar-refractivity contribution in [3.05, 3.63) is 30.3 Å². The number of carbonyl (C=O) groups is 3. The van der Waals surface area contributed by atoms with Crippen molar-refractivity contribution in [1.29, 1.82) is 0 Å². The van der Waals surface area contributed by atoms with E-state index in [0.717, 1.165) is 25.0 Å². The van der Waals surface area contributed by atoms with Crippen LogP contribution in [0.4, 0.5) is 0 Å². The number of benzene rings is 1. The van der Waals surface area contributed by atoms with Gasteiger partial charge in [0.1, 0.15) is 5.75 Å². The van der Waals surface area contributed by atoms with Gasteiger partial charge in [-0.2, -0.15) is 0 Å². The first kappa shape index (κ1) is 25.7. The minimum absolute atomic E-state index is 0.0606. The van der Waals surface area contributed by atoms with Gasteiger partial charge >= 0.3 is 11.9 Å². The number of carboxylic acid groups (broad SMARTS) is 1. The molecule has 32 heavy (non-hydrogen) atoms. The van der Waals surface area contributed by atoms with Gasteiger partial charge in [0, 0.05) is 12.5 Å². The summed E-state index contributed by atoms with van der Waals surface area (Å²) in [6.45, 7) is 4.33. The molecular formula is C25H37NO6. The molecule has 0 spiro atoms. The second-order valence-electron chi connectivity index (χ2n) is 8.65.